The fourth-order valence-electron chi connectivity index (χ4n) is 0.981. The number of carbonyl (C=O) groups is 1. The predicted octanol–water partition coefficient (Wildman–Crippen LogP) is 3.18. The summed E-state index contributed by atoms with van der Waals surface area (Å²) in [6, 6.07) is 3.61. The van der Waals surface area contributed by atoms with Crippen molar-refractivity contribution in [3.05, 3.63) is 44.0 Å². The van der Waals surface area contributed by atoms with Crippen molar-refractivity contribution < 1.29 is 9.21 Å². The summed E-state index contributed by atoms with van der Waals surface area (Å²) in [4.78, 5) is 12.5. The molecule has 0 aromatic carbocycles. The van der Waals surface area contributed by atoms with E-state index in [-0.39, 0.29) is 5.78 Å². The third-order valence-corrected chi connectivity index (χ3v) is 3.78. The average molecular weight is 304 g/mol. The number of ketones is 1. The van der Waals surface area contributed by atoms with Gasteiger partial charge in [-0.25, -0.2) is 0 Å². The Morgan fingerprint density at radius 1 is 1.46 bits per heavy atom. The summed E-state index contributed by atoms with van der Waals surface area (Å²) < 4.78 is 5.85. The van der Waals surface area contributed by atoms with Crippen LogP contribution in [0, 0.1) is 3.57 Å². The van der Waals surface area contributed by atoms with E-state index in [4.69, 9.17) is 4.42 Å². The van der Waals surface area contributed by atoms with Gasteiger partial charge in [-0.3, -0.25) is 4.79 Å². The Balaban J connectivity index is 2.39. The molecule has 2 heterocycles. The van der Waals surface area contributed by atoms with Gasteiger partial charge in [0.25, 0.3) is 0 Å². The van der Waals surface area contributed by atoms with Crippen LogP contribution in [0.1, 0.15) is 15.2 Å². The number of rotatable bonds is 2. The lowest BCUT2D eigenvalue weighted by atomic mass is 10.2. The molecule has 0 atom stereocenters. The van der Waals surface area contributed by atoms with Crippen LogP contribution >= 0.6 is 33.9 Å². The molecule has 0 saturated heterocycles. The monoisotopic (exact) mass is 304 g/mol. The van der Waals surface area contributed by atoms with Crippen molar-refractivity contribution in [3.8, 4) is 0 Å². The first-order chi connectivity index (χ1) is 6.29. The second kappa shape index (κ2) is 3.63. The maximum atomic E-state index is 11.7. The molecule has 4 heteroatoms. The SMILES string of the molecule is O=C(c1ccoc1)c1sccc1I. The first-order valence-electron chi connectivity index (χ1n) is 3.59. The molecule has 0 spiro atoms. The van der Waals surface area contributed by atoms with Gasteiger partial charge in [-0.2, -0.15) is 0 Å². The molecule has 2 aromatic rings. The second-order valence-electron chi connectivity index (χ2n) is 2.44. The highest BCUT2D eigenvalue weighted by Crippen LogP contribution is 2.22. The minimum Gasteiger partial charge on any atom is -0.472 e. The van der Waals surface area contributed by atoms with Gasteiger partial charge in [-0.1, -0.05) is 0 Å². The standard InChI is InChI=1S/C9H5IO2S/c10-7-2-4-13-9(7)8(11)6-1-3-12-5-6/h1-5H. The summed E-state index contributed by atoms with van der Waals surface area (Å²) in [7, 11) is 0. The summed E-state index contributed by atoms with van der Waals surface area (Å²) in [6.45, 7) is 0. The molecular formula is C9H5IO2S. The predicted molar refractivity (Wildman–Crippen MR) is 59.2 cm³/mol. The third-order valence-electron chi connectivity index (χ3n) is 1.61. The number of thiophene rings is 1. The van der Waals surface area contributed by atoms with Crippen molar-refractivity contribution in [2.75, 3.05) is 0 Å². The molecule has 0 unspecified atom stereocenters. The van der Waals surface area contributed by atoms with Crippen molar-refractivity contribution in [2.24, 2.45) is 0 Å². The van der Waals surface area contributed by atoms with Crippen LogP contribution in [0.3, 0.4) is 0 Å². The number of carbonyl (C=O) groups excluding carboxylic acids is 1. The van der Waals surface area contributed by atoms with Gasteiger partial charge >= 0.3 is 0 Å². The molecule has 0 bridgehead atoms. The fraction of sp³-hybridized carbons (Fsp3) is 0. The molecule has 0 N–H and O–H groups in total. The van der Waals surface area contributed by atoms with E-state index in [1.807, 2.05) is 11.4 Å². The molecule has 0 fully saturated rings. The van der Waals surface area contributed by atoms with Crippen molar-refractivity contribution in [3.63, 3.8) is 0 Å². The van der Waals surface area contributed by atoms with E-state index in [1.54, 1.807) is 6.07 Å². The van der Waals surface area contributed by atoms with Crippen LogP contribution in [0.4, 0.5) is 0 Å². The number of furan rings is 1. The summed E-state index contributed by atoms with van der Waals surface area (Å²) in [5.74, 6) is 0.0353. The van der Waals surface area contributed by atoms with Crippen molar-refractivity contribution in [1.29, 1.82) is 0 Å². The third kappa shape index (κ3) is 1.68. The molecule has 0 radical (unpaired) electrons. The van der Waals surface area contributed by atoms with Crippen LogP contribution in [-0.2, 0) is 0 Å². The molecule has 2 nitrogen and oxygen atoms in total. The maximum Gasteiger partial charge on any atom is 0.207 e. The van der Waals surface area contributed by atoms with E-state index in [0.717, 1.165) is 8.45 Å². The molecule has 0 saturated carbocycles. The second-order valence-corrected chi connectivity index (χ2v) is 4.52. The average Bonchev–Trinajstić information content (AvgIpc) is 2.72. The van der Waals surface area contributed by atoms with Gasteiger partial charge in [0.2, 0.25) is 5.78 Å². The van der Waals surface area contributed by atoms with E-state index < -0.39 is 0 Å². The van der Waals surface area contributed by atoms with Crippen LogP contribution < -0.4 is 0 Å². The summed E-state index contributed by atoms with van der Waals surface area (Å²) >= 11 is 3.61. The highest BCUT2D eigenvalue weighted by molar-refractivity contribution is 14.1. The van der Waals surface area contributed by atoms with E-state index in [9.17, 15) is 4.79 Å². The highest BCUT2D eigenvalue weighted by Gasteiger charge is 2.14. The van der Waals surface area contributed by atoms with Crippen molar-refractivity contribution in [2.45, 2.75) is 0 Å². The summed E-state index contributed by atoms with van der Waals surface area (Å²) in [6.07, 6.45) is 2.98. The van der Waals surface area contributed by atoms with Gasteiger partial charge in [0.05, 0.1) is 16.7 Å². The number of hydrogen-bond donors (Lipinski definition) is 0. The van der Waals surface area contributed by atoms with E-state index in [0.29, 0.717) is 5.56 Å². The highest BCUT2D eigenvalue weighted by atomic mass is 127. The molecule has 0 amide bonds. The van der Waals surface area contributed by atoms with Gasteiger partial charge in [-0.15, -0.1) is 11.3 Å². The van der Waals surface area contributed by atoms with E-state index in [1.165, 1.54) is 23.9 Å². The van der Waals surface area contributed by atoms with Crippen LogP contribution in [0.15, 0.2) is 34.5 Å². The molecule has 0 aliphatic carbocycles. The van der Waals surface area contributed by atoms with Crippen LogP contribution in [0.25, 0.3) is 0 Å². The Morgan fingerprint density at radius 2 is 2.31 bits per heavy atom. The quantitative estimate of drug-likeness (QED) is 0.630. The Labute approximate surface area is 92.7 Å². The normalized spacial score (nSPS) is 10.2. The zero-order valence-electron chi connectivity index (χ0n) is 6.49. The van der Waals surface area contributed by atoms with E-state index >= 15 is 0 Å². The lowest BCUT2D eigenvalue weighted by Gasteiger charge is -1.92. The number of hydrogen-bond acceptors (Lipinski definition) is 3. The Hall–Kier alpha value is -0.620. The minimum atomic E-state index is 0.0353. The smallest absolute Gasteiger partial charge is 0.207 e. The van der Waals surface area contributed by atoms with Crippen molar-refractivity contribution in [1.82, 2.24) is 0 Å². The largest absolute Gasteiger partial charge is 0.472 e. The van der Waals surface area contributed by atoms with E-state index in [2.05, 4.69) is 22.6 Å². The molecule has 13 heavy (non-hydrogen) atoms. The van der Waals surface area contributed by atoms with Gasteiger partial charge in [0.1, 0.15) is 6.26 Å². The summed E-state index contributed by atoms with van der Waals surface area (Å²) in [5.41, 5.74) is 0.611. The fourth-order valence-corrected chi connectivity index (χ4v) is 2.78. The minimum absolute atomic E-state index is 0.0353. The number of halogens is 1. The van der Waals surface area contributed by atoms with Gasteiger partial charge in [0, 0.05) is 3.57 Å². The molecule has 0 aliphatic rings. The first-order valence-corrected chi connectivity index (χ1v) is 5.55. The Morgan fingerprint density at radius 3 is 2.85 bits per heavy atom. The maximum absolute atomic E-state index is 11.7. The van der Waals surface area contributed by atoms with Gasteiger partial charge in [-0.05, 0) is 40.1 Å². The zero-order chi connectivity index (χ0) is 9.26. The molecule has 2 rings (SSSR count). The molecule has 0 aliphatic heterocycles. The van der Waals surface area contributed by atoms with Crippen LogP contribution in [0.5, 0.6) is 0 Å². The molecule has 66 valence electrons. The lowest BCUT2D eigenvalue weighted by molar-refractivity contribution is 0.104. The lowest BCUT2D eigenvalue weighted by Crippen LogP contribution is -1.97. The van der Waals surface area contributed by atoms with Crippen LogP contribution in [0.2, 0.25) is 0 Å². The van der Waals surface area contributed by atoms with Gasteiger partial charge < -0.3 is 4.42 Å². The Kier molecular flexibility index (Phi) is 2.50. The first kappa shape index (κ1) is 8.96. The molecular weight excluding hydrogens is 299 g/mol. The summed E-state index contributed by atoms with van der Waals surface area (Å²) in [5, 5.41) is 1.91. The van der Waals surface area contributed by atoms with Crippen LogP contribution in [-0.4, -0.2) is 5.78 Å². The van der Waals surface area contributed by atoms with Gasteiger partial charge in [0.15, 0.2) is 0 Å². The van der Waals surface area contributed by atoms with Crippen molar-refractivity contribution >= 4 is 39.7 Å². The molecule has 2 aromatic heterocycles. The topological polar surface area (TPSA) is 30.2 Å². The zero-order valence-corrected chi connectivity index (χ0v) is 9.46. The Bertz CT molecular complexity index is 417.